The molecule has 6 heteroatoms. The van der Waals surface area contributed by atoms with Crippen LogP contribution in [0.2, 0.25) is 0 Å². The summed E-state index contributed by atoms with van der Waals surface area (Å²) in [5, 5.41) is 12.2. The minimum Gasteiger partial charge on any atom is -0.378 e. The van der Waals surface area contributed by atoms with Crippen molar-refractivity contribution in [1.29, 1.82) is 0 Å². The zero-order chi connectivity index (χ0) is 15.5. The zero-order valence-electron chi connectivity index (χ0n) is 13.6. The van der Waals surface area contributed by atoms with Crippen LogP contribution in [-0.4, -0.2) is 45.7 Å². The predicted octanol–water partition coefficient (Wildman–Crippen LogP) is 2.10. The maximum atomic E-state index is 4.20. The number of benzene rings is 1. The molecule has 0 N–H and O–H groups in total. The molecule has 1 heterocycles. The van der Waals surface area contributed by atoms with E-state index in [-0.39, 0.29) is 0 Å². The minimum absolute atomic E-state index is 0.531. The van der Waals surface area contributed by atoms with Gasteiger partial charge in [-0.2, -0.15) is 0 Å². The Balaban J connectivity index is 1.65. The van der Waals surface area contributed by atoms with Crippen LogP contribution in [-0.2, 0) is 13.1 Å². The largest absolute Gasteiger partial charge is 0.378 e. The lowest BCUT2D eigenvalue weighted by atomic mass is 10.2. The Bertz CT molecular complexity index is 599. The van der Waals surface area contributed by atoms with Crippen LogP contribution in [0, 0.1) is 0 Å². The molecule has 0 aliphatic heterocycles. The van der Waals surface area contributed by atoms with Crippen molar-refractivity contribution in [2.24, 2.45) is 0 Å². The van der Waals surface area contributed by atoms with Crippen molar-refractivity contribution in [1.82, 2.24) is 25.1 Å². The highest BCUT2D eigenvalue weighted by Gasteiger charge is 2.28. The monoisotopic (exact) mass is 300 g/mol. The molecule has 1 aromatic heterocycles. The summed E-state index contributed by atoms with van der Waals surface area (Å²) in [6.07, 6.45) is 2.41. The van der Waals surface area contributed by atoms with E-state index < -0.39 is 0 Å². The standard InChI is InChI=1S/C16H24N6/c1-4-21(11-13-5-7-14(8-6-13)20(2)3)12-16-17-18-19-22(16)15-9-10-15/h5-8,15H,4,9-12H2,1-3H3. The van der Waals surface area contributed by atoms with Gasteiger partial charge in [0.2, 0.25) is 0 Å². The number of hydrogen-bond donors (Lipinski definition) is 0. The maximum absolute atomic E-state index is 4.20. The molecule has 1 aliphatic rings. The lowest BCUT2D eigenvalue weighted by Gasteiger charge is -2.20. The van der Waals surface area contributed by atoms with Gasteiger partial charge in [-0.15, -0.1) is 5.10 Å². The highest BCUT2D eigenvalue weighted by molar-refractivity contribution is 5.45. The molecular weight excluding hydrogens is 276 g/mol. The van der Waals surface area contributed by atoms with Gasteiger partial charge in [-0.05, 0) is 47.5 Å². The second-order valence-corrected chi connectivity index (χ2v) is 6.14. The van der Waals surface area contributed by atoms with E-state index in [0.29, 0.717) is 6.04 Å². The summed E-state index contributed by atoms with van der Waals surface area (Å²) in [7, 11) is 4.12. The highest BCUT2D eigenvalue weighted by Crippen LogP contribution is 2.34. The van der Waals surface area contributed by atoms with Gasteiger partial charge in [-0.25, -0.2) is 4.68 Å². The molecule has 0 radical (unpaired) electrons. The number of aromatic nitrogens is 4. The topological polar surface area (TPSA) is 50.1 Å². The molecule has 0 saturated heterocycles. The molecule has 0 atom stereocenters. The van der Waals surface area contributed by atoms with E-state index in [4.69, 9.17) is 0 Å². The van der Waals surface area contributed by atoms with Crippen LogP contribution in [0.5, 0.6) is 0 Å². The molecule has 0 amide bonds. The van der Waals surface area contributed by atoms with Gasteiger partial charge in [0.15, 0.2) is 5.82 Å². The lowest BCUT2D eigenvalue weighted by Crippen LogP contribution is -2.24. The number of nitrogens with zero attached hydrogens (tertiary/aromatic N) is 6. The molecule has 6 nitrogen and oxygen atoms in total. The predicted molar refractivity (Wildman–Crippen MR) is 86.6 cm³/mol. The molecule has 1 aromatic carbocycles. The van der Waals surface area contributed by atoms with Crippen LogP contribution in [0.15, 0.2) is 24.3 Å². The first kappa shape index (κ1) is 15.0. The van der Waals surface area contributed by atoms with Crippen LogP contribution < -0.4 is 4.90 Å². The van der Waals surface area contributed by atoms with Crippen molar-refractivity contribution in [3.05, 3.63) is 35.7 Å². The summed E-state index contributed by atoms with van der Waals surface area (Å²) >= 11 is 0. The van der Waals surface area contributed by atoms with E-state index in [0.717, 1.165) is 25.5 Å². The van der Waals surface area contributed by atoms with Gasteiger partial charge in [-0.1, -0.05) is 19.1 Å². The molecule has 1 fully saturated rings. The molecule has 1 aliphatic carbocycles. The smallest absolute Gasteiger partial charge is 0.165 e. The molecule has 0 bridgehead atoms. The van der Waals surface area contributed by atoms with Crippen LogP contribution in [0.25, 0.3) is 0 Å². The first-order valence-corrected chi connectivity index (χ1v) is 7.92. The van der Waals surface area contributed by atoms with Crippen molar-refractivity contribution in [3.8, 4) is 0 Å². The van der Waals surface area contributed by atoms with Crippen molar-refractivity contribution in [2.45, 2.75) is 38.9 Å². The third-order valence-electron chi connectivity index (χ3n) is 4.12. The maximum Gasteiger partial charge on any atom is 0.165 e. The van der Waals surface area contributed by atoms with Gasteiger partial charge < -0.3 is 4.90 Å². The van der Waals surface area contributed by atoms with Crippen LogP contribution in [0.1, 0.15) is 37.2 Å². The van der Waals surface area contributed by atoms with E-state index in [9.17, 15) is 0 Å². The van der Waals surface area contributed by atoms with E-state index in [1.807, 2.05) is 4.68 Å². The van der Waals surface area contributed by atoms with Crippen LogP contribution >= 0.6 is 0 Å². The zero-order valence-corrected chi connectivity index (χ0v) is 13.6. The Hall–Kier alpha value is -1.95. The van der Waals surface area contributed by atoms with Crippen molar-refractivity contribution < 1.29 is 0 Å². The summed E-state index contributed by atoms with van der Waals surface area (Å²) in [6, 6.07) is 9.25. The SMILES string of the molecule is CCN(Cc1ccc(N(C)C)cc1)Cc1nnnn1C1CC1. The fourth-order valence-electron chi connectivity index (χ4n) is 2.56. The number of rotatable bonds is 7. The second kappa shape index (κ2) is 6.44. The number of anilines is 1. The molecule has 1 saturated carbocycles. The Kier molecular flexibility index (Phi) is 4.38. The molecule has 0 unspecified atom stereocenters. The van der Waals surface area contributed by atoms with Crippen LogP contribution in [0.4, 0.5) is 5.69 Å². The Morgan fingerprint density at radius 1 is 1.14 bits per heavy atom. The summed E-state index contributed by atoms with van der Waals surface area (Å²) in [4.78, 5) is 4.49. The molecule has 0 spiro atoms. The molecule has 2 aromatic rings. The average Bonchev–Trinajstić information content (AvgIpc) is 3.27. The van der Waals surface area contributed by atoms with Gasteiger partial charge in [0.1, 0.15) is 0 Å². The van der Waals surface area contributed by atoms with Gasteiger partial charge in [0.25, 0.3) is 0 Å². The number of hydrogen-bond acceptors (Lipinski definition) is 5. The molecular formula is C16H24N6. The normalized spacial score (nSPS) is 14.5. The molecule has 3 rings (SSSR count). The first-order valence-electron chi connectivity index (χ1n) is 7.92. The van der Waals surface area contributed by atoms with Crippen LogP contribution in [0.3, 0.4) is 0 Å². The summed E-state index contributed by atoms with van der Waals surface area (Å²) in [5.74, 6) is 0.981. The van der Waals surface area contributed by atoms with Crippen molar-refractivity contribution >= 4 is 5.69 Å². The highest BCUT2D eigenvalue weighted by atomic mass is 15.6. The molecule has 22 heavy (non-hydrogen) atoms. The third-order valence-corrected chi connectivity index (χ3v) is 4.12. The second-order valence-electron chi connectivity index (χ2n) is 6.14. The fourth-order valence-corrected chi connectivity index (χ4v) is 2.56. The van der Waals surface area contributed by atoms with Crippen molar-refractivity contribution in [3.63, 3.8) is 0 Å². The average molecular weight is 300 g/mol. The van der Waals surface area contributed by atoms with E-state index in [2.05, 4.69) is 70.6 Å². The van der Waals surface area contributed by atoms with E-state index in [1.165, 1.54) is 24.1 Å². The molecule has 118 valence electrons. The Morgan fingerprint density at radius 2 is 1.86 bits per heavy atom. The summed E-state index contributed by atoms with van der Waals surface area (Å²) in [6.45, 7) is 4.88. The van der Waals surface area contributed by atoms with E-state index in [1.54, 1.807) is 0 Å². The van der Waals surface area contributed by atoms with Gasteiger partial charge in [-0.3, -0.25) is 4.90 Å². The lowest BCUT2D eigenvalue weighted by molar-refractivity contribution is 0.258. The van der Waals surface area contributed by atoms with Gasteiger partial charge in [0.05, 0.1) is 12.6 Å². The third kappa shape index (κ3) is 3.44. The summed E-state index contributed by atoms with van der Waals surface area (Å²) < 4.78 is 2.00. The Labute approximate surface area is 131 Å². The Morgan fingerprint density at radius 3 is 2.45 bits per heavy atom. The van der Waals surface area contributed by atoms with Gasteiger partial charge >= 0.3 is 0 Å². The first-order chi connectivity index (χ1) is 10.7. The van der Waals surface area contributed by atoms with Gasteiger partial charge in [0, 0.05) is 26.3 Å². The van der Waals surface area contributed by atoms with E-state index >= 15 is 0 Å². The van der Waals surface area contributed by atoms with Crippen molar-refractivity contribution in [2.75, 3.05) is 25.5 Å². The number of tetrazole rings is 1. The fraction of sp³-hybridized carbons (Fsp3) is 0.562. The summed E-state index contributed by atoms with van der Waals surface area (Å²) in [5.41, 5.74) is 2.54. The minimum atomic E-state index is 0.531. The quantitative estimate of drug-likeness (QED) is 0.784.